The lowest BCUT2D eigenvalue weighted by atomic mass is 10.1. The first kappa shape index (κ1) is 15.5. The zero-order valence-corrected chi connectivity index (χ0v) is 13.1. The van der Waals surface area contributed by atoms with Crippen molar-refractivity contribution in [2.45, 2.75) is 6.42 Å². The van der Waals surface area contributed by atoms with E-state index in [1.165, 1.54) is 18.2 Å². The van der Waals surface area contributed by atoms with Crippen LogP contribution in [0.5, 0.6) is 0 Å². The Balaban J connectivity index is 2.05. The smallest absolute Gasteiger partial charge is 0.335 e. The summed E-state index contributed by atoms with van der Waals surface area (Å²) in [6.45, 7) is 0. The molecular weight excluding hydrogens is 339 g/mol. The van der Waals surface area contributed by atoms with Gasteiger partial charge in [0.1, 0.15) is 5.82 Å². The lowest BCUT2D eigenvalue weighted by Gasteiger charge is -2.05. The Morgan fingerprint density at radius 1 is 1.13 bits per heavy atom. The molecule has 0 radical (unpaired) electrons. The maximum atomic E-state index is 12.1. The van der Waals surface area contributed by atoms with Gasteiger partial charge in [0, 0.05) is 6.42 Å². The Bertz CT molecular complexity index is 983. The Kier molecular flexibility index (Phi) is 4.07. The molecule has 0 fully saturated rings. The van der Waals surface area contributed by atoms with Crippen LogP contribution in [0.1, 0.15) is 21.7 Å². The first-order valence-electron chi connectivity index (χ1n) is 6.64. The number of nitrogens with one attached hydrogen (secondary N) is 1. The number of H-pyrrole nitrogens is 1. The van der Waals surface area contributed by atoms with Crippen molar-refractivity contribution in [2.24, 2.45) is 0 Å². The topological polar surface area (TPSA) is 83.0 Å². The van der Waals surface area contributed by atoms with Crippen molar-refractivity contribution in [3.8, 4) is 0 Å². The van der Waals surface area contributed by atoms with E-state index >= 15 is 0 Å². The number of carboxylic acid groups (broad SMARTS) is 1. The van der Waals surface area contributed by atoms with Crippen LogP contribution in [-0.2, 0) is 6.42 Å². The van der Waals surface area contributed by atoms with Crippen LogP contribution in [0.4, 0.5) is 0 Å². The standard InChI is InChI=1S/C16H10Cl2N2O3/c17-11-4-1-8(5-12(11)18)6-14-19-13-7-9(16(22)23)2-3-10(13)15(21)20-14/h1-5,7H,6H2,(H,22,23)(H,19,20,21). The van der Waals surface area contributed by atoms with E-state index in [0.29, 0.717) is 33.2 Å². The molecule has 0 aliphatic carbocycles. The van der Waals surface area contributed by atoms with E-state index in [2.05, 4.69) is 9.97 Å². The molecule has 0 aliphatic rings. The number of aromatic amines is 1. The quantitative estimate of drug-likeness (QED) is 0.758. The van der Waals surface area contributed by atoms with Crippen LogP contribution in [0, 0.1) is 0 Å². The van der Waals surface area contributed by atoms with E-state index in [4.69, 9.17) is 28.3 Å². The van der Waals surface area contributed by atoms with Crippen LogP contribution in [0.15, 0.2) is 41.2 Å². The molecule has 0 aliphatic heterocycles. The average Bonchev–Trinajstić information content (AvgIpc) is 2.50. The normalized spacial score (nSPS) is 10.9. The third kappa shape index (κ3) is 3.21. The van der Waals surface area contributed by atoms with Crippen LogP contribution >= 0.6 is 23.2 Å². The fraction of sp³-hybridized carbons (Fsp3) is 0.0625. The number of hydrogen-bond acceptors (Lipinski definition) is 3. The maximum Gasteiger partial charge on any atom is 0.335 e. The molecule has 2 N–H and O–H groups in total. The van der Waals surface area contributed by atoms with Crippen LogP contribution in [0.25, 0.3) is 10.9 Å². The highest BCUT2D eigenvalue weighted by Gasteiger charge is 2.09. The third-order valence-electron chi connectivity index (χ3n) is 3.36. The maximum absolute atomic E-state index is 12.1. The summed E-state index contributed by atoms with van der Waals surface area (Å²) in [5.41, 5.74) is 0.929. The molecule has 0 atom stereocenters. The number of aromatic nitrogens is 2. The Morgan fingerprint density at radius 2 is 1.91 bits per heavy atom. The second-order valence-corrected chi connectivity index (χ2v) is 5.79. The zero-order valence-electron chi connectivity index (χ0n) is 11.6. The molecule has 0 unspecified atom stereocenters. The van der Waals surface area contributed by atoms with Gasteiger partial charge < -0.3 is 10.1 Å². The molecular formula is C16H10Cl2N2O3. The van der Waals surface area contributed by atoms with Gasteiger partial charge in [-0.3, -0.25) is 4.79 Å². The lowest BCUT2D eigenvalue weighted by molar-refractivity contribution is 0.0697. The highest BCUT2D eigenvalue weighted by atomic mass is 35.5. The van der Waals surface area contributed by atoms with Crippen molar-refractivity contribution in [1.82, 2.24) is 9.97 Å². The summed E-state index contributed by atoms with van der Waals surface area (Å²) in [6.07, 6.45) is 0.347. The second-order valence-electron chi connectivity index (χ2n) is 4.97. The molecule has 0 amide bonds. The monoisotopic (exact) mass is 348 g/mol. The van der Waals surface area contributed by atoms with Gasteiger partial charge in [0.15, 0.2) is 0 Å². The van der Waals surface area contributed by atoms with Gasteiger partial charge in [0.25, 0.3) is 5.56 Å². The van der Waals surface area contributed by atoms with Gasteiger partial charge >= 0.3 is 5.97 Å². The number of benzene rings is 2. The predicted molar refractivity (Wildman–Crippen MR) is 88.6 cm³/mol. The molecule has 0 spiro atoms. The Hall–Kier alpha value is -2.37. The van der Waals surface area contributed by atoms with Gasteiger partial charge in [0.05, 0.1) is 26.5 Å². The molecule has 7 heteroatoms. The van der Waals surface area contributed by atoms with Crippen molar-refractivity contribution in [3.05, 3.63) is 73.7 Å². The zero-order chi connectivity index (χ0) is 16.6. The molecule has 3 aromatic rings. The minimum atomic E-state index is -1.07. The number of nitrogens with zero attached hydrogens (tertiary/aromatic N) is 1. The van der Waals surface area contributed by atoms with Crippen LogP contribution < -0.4 is 5.56 Å². The van der Waals surface area contributed by atoms with E-state index in [1.54, 1.807) is 18.2 Å². The number of hydrogen-bond donors (Lipinski definition) is 2. The molecule has 23 heavy (non-hydrogen) atoms. The summed E-state index contributed by atoms with van der Waals surface area (Å²) >= 11 is 11.8. The Labute approximate surface area is 140 Å². The van der Waals surface area contributed by atoms with Gasteiger partial charge in [-0.15, -0.1) is 0 Å². The summed E-state index contributed by atoms with van der Waals surface area (Å²) in [7, 11) is 0. The number of fused-ring (bicyclic) bond motifs is 1. The molecule has 2 aromatic carbocycles. The van der Waals surface area contributed by atoms with E-state index in [0.717, 1.165) is 5.56 Å². The minimum absolute atomic E-state index is 0.0797. The molecule has 0 saturated carbocycles. The molecule has 3 rings (SSSR count). The van der Waals surface area contributed by atoms with Gasteiger partial charge in [-0.1, -0.05) is 29.3 Å². The second kappa shape index (κ2) is 6.02. The summed E-state index contributed by atoms with van der Waals surface area (Å²) in [5, 5.41) is 10.2. The summed E-state index contributed by atoms with van der Waals surface area (Å²) in [6, 6.07) is 9.35. The van der Waals surface area contributed by atoms with E-state index < -0.39 is 5.97 Å². The van der Waals surface area contributed by atoms with Gasteiger partial charge in [0.2, 0.25) is 0 Å². The first-order valence-corrected chi connectivity index (χ1v) is 7.40. The van der Waals surface area contributed by atoms with E-state index in [1.807, 2.05) is 0 Å². The number of rotatable bonds is 3. The number of carboxylic acids is 1. The van der Waals surface area contributed by atoms with Crippen LogP contribution in [0.3, 0.4) is 0 Å². The summed E-state index contributed by atoms with van der Waals surface area (Å²) < 4.78 is 0. The van der Waals surface area contributed by atoms with Crippen molar-refractivity contribution in [2.75, 3.05) is 0 Å². The van der Waals surface area contributed by atoms with Gasteiger partial charge in [-0.05, 0) is 35.9 Å². The third-order valence-corrected chi connectivity index (χ3v) is 4.10. The largest absolute Gasteiger partial charge is 0.478 e. The van der Waals surface area contributed by atoms with Crippen molar-refractivity contribution < 1.29 is 9.90 Å². The molecule has 0 bridgehead atoms. The highest BCUT2D eigenvalue weighted by Crippen LogP contribution is 2.23. The van der Waals surface area contributed by atoms with Gasteiger partial charge in [-0.2, -0.15) is 0 Å². The number of carbonyl (C=O) groups is 1. The summed E-state index contributed by atoms with van der Waals surface area (Å²) in [4.78, 5) is 30.2. The molecule has 5 nitrogen and oxygen atoms in total. The highest BCUT2D eigenvalue weighted by molar-refractivity contribution is 6.42. The van der Waals surface area contributed by atoms with Crippen molar-refractivity contribution >= 4 is 40.1 Å². The molecule has 1 heterocycles. The van der Waals surface area contributed by atoms with Crippen molar-refractivity contribution in [1.29, 1.82) is 0 Å². The molecule has 0 saturated heterocycles. The van der Waals surface area contributed by atoms with Crippen molar-refractivity contribution in [3.63, 3.8) is 0 Å². The minimum Gasteiger partial charge on any atom is -0.478 e. The Morgan fingerprint density at radius 3 is 2.61 bits per heavy atom. The van der Waals surface area contributed by atoms with Crippen LogP contribution in [-0.4, -0.2) is 21.0 Å². The predicted octanol–water partition coefficient (Wildman–Crippen LogP) is 3.52. The number of halogens is 2. The van der Waals surface area contributed by atoms with Gasteiger partial charge in [-0.25, -0.2) is 9.78 Å². The van der Waals surface area contributed by atoms with E-state index in [9.17, 15) is 9.59 Å². The van der Waals surface area contributed by atoms with E-state index in [-0.39, 0.29) is 11.1 Å². The SMILES string of the molecule is O=C(O)c1ccc2c(=O)[nH]c(Cc3ccc(Cl)c(Cl)c3)nc2c1. The fourth-order valence-corrected chi connectivity index (χ4v) is 2.57. The van der Waals surface area contributed by atoms with Crippen LogP contribution in [0.2, 0.25) is 10.0 Å². The molecule has 1 aromatic heterocycles. The summed E-state index contributed by atoms with van der Waals surface area (Å²) in [5.74, 6) is -0.650. The average molecular weight is 349 g/mol. The first-order chi connectivity index (χ1) is 10.9. The fourth-order valence-electron chi connectivity index (χ4n) is 2.25. The molecule has 116 valence electrons. The lowest BCUT2D eigenvalue weighted by Crippen LogP contribution is -2.13. The number of aromatic carboxylic acids is 1.